The Bertz CT molecular complexity index is 176. The van der Waals surface area contributed by atoms with E-state index in [1.54, 1.807) is 13.1 Å². The Balaban J connectivity index is 3.88. The van der Waals surface area contributed by atoms with Crippen LogP contribution in [0.1, 0.15) is 13.8 Å². The highest BCUT2D eigenvalue weighted by Gasteiger charge is 1.86. The van der Waals surface area contributed by atoms with Crippen LogP contribution in [0.3, 0.4) is 0 Å². The van der Waals surface area contributed by atoms with Gasteiger partial charge in [0.1, 0.15) is 0 Å². The van der Waals surface area contributed by atoms with Crippen LogP contribution in [0.5, 0.6) is 0 Å². The summed E-state index contributed by atoms with van der Waals surface area (Å²) >= 11 is 0. The zero-order chi connectivity index (χ0) is 7.28. The molecule has 1 N–H and O–H groups in total. The molecule has 0 aliphatic rings. The lowest BCUT2D eigenvalue weighted by atomic mass is 10.3. The van der Waals surface area contributed by atoms with E-state index in [9.17, 15) is 4.79 Å². The fourth-order valence-electron chi connectivity index (χ4n) is 0.429. The minimum atomic E-state index is -0.0600. The molecule has 0 aliphatic carbocycles. The van der Waals surface area contributed by atoms with Crippen molar-refractivity contribution in [2.24, 2.45) is 0 Å². The van der Waals surface area contributed by atoms with E-state index in [-0.39, 0.29) is 5.78 Å². The van der Waals surface area contributed by atoms with E-state index in [1.165, 1.54) is 13.0 Å². The SMILES string of the molecule is CC(=O)/C=C(\C)NC#N. The van der Waals surface area contributed by atoms with Crippen LogP contribution < -0.4 is 5.32 Å². The molecule has 0 spiro atoms. The summed E-state index contributed by atoms with van der Waals surface area (Å²) in [6.07, 6.45) is 3.07. The average Bonchev–Trinajstić information content (AvgIpc) is 1.63. The quantitative estimate of drug-likeness (QED) is 0.332. The van der Waals surface area contributed by atoms with Crippen molar-refractivity contribution in [3.05, 3.63) is 11.8 Å². The van der Waals surface area contributed by atoms with Crippen molar-refractivity contribution in [3.8, 4) is 6.19 Å². The maximum absolute atomic E-state index is 10.3. The van der Waals surface area contributed by atoms with Gasteiger partial charge in [-0.1, -0.05) is 0 Å². The average molecular weight is 124 g/mol. The van der Waals surface area contributed by atoms with Gasteiger partial charge in [-0.25, -0.2) is 0 Å². The van der Waals surface area contributed by atoms with Gasteiger partial charge in [-0.05, 0) is 13.8 Å². The molecule has 0 fully saturated rings. The van der Waals surface area contributed by atoms with Gasteiger partial charge in [0.2, 0.25) is 0 Å². The number of rotatable bonds is 2. The van der Waals surface area contributed by atoms with Gasteiger partial charge in [-0.15, -0.1) is 0 Å². The summed E-state index contributed by atoms with van der Waals surface area (Å²) in [5.41, 5.74) is 0.574. The van der Waals surface area contributed by atoms with E-state index < -0.39 is 0 Å². The van der Waals surface area contributed by atoms with Crippen molar-refractivity contribution >= 4 is 5.78 Å². The molecule has 0 aliphatic heterocycles. The van der Waals surface area contributed by atoms with Crippen LogP contribution in [0.25, 0.3) is 0 Å². The maximum Gasteiger partial charge on any atom is 0.181 e. The molecular weight excluding hydrogens is 116 g/mol. The second-order valence-electron chi connectivity index (χ2n) is 1.67. The first-order chi connectivity index (χ1) is 4.16. The molecule has 9 heavy (non-hydrogen) atoms. The van der Waals surface area contributed by atoms with Gasteiger partial charge in [0.15, 0.2) is 12.0 Å². The number of carbonyl (C=O) groups excluding carboxylic acids is 1. The molecule has 3 heteroatoms. The summed E-state index contributed by atoms with van der Waals surface area (Å²) in [6, 6.07) is 0. The molecule has 0 aromatic carbocycles. The number of nitrogens with zero attached hydrogens (tertiary/aromatic N) is 1. The van der Waals surface area contributed by atoms with Crippen molar-refractivity contribution in [2.75, 3.05) is 0 Å². The number of carbonyl (C=O) groups is 1. The van der Waals surface area contributed by atoms with Crippen LogP contribution >= 0.6 is 0 Å². The first kappa shape index (κ1) is 7.70. The number of ketones is 1. The molecule has 0 unspecified atom stereocenters. The zero-order valence-corrected chi connectivity index (χ0v) is 5.43. The zero-order valence-electron chi connectivity index (χ0n) is 5.43. The van der Waals surface area contributed by atoms with E-state index >= 15 is 0 Å². The van der Waals surface area contributed by atoms with Crippen LogP contribution in [0.2, 0.25) is 0 Å². The summed E-state index contributed by atoms with van der Waals surface area (Å²) in [7, 11) is 0. The van der Waals surface area contributed by atoms with Crippen molar-refractivity contribution < 1.29 is 4.79 Å². The number of hydrogen-bond donors (Lipinski definition) is 1. The van der Waals surface area contributed by atoms with Gasteiger partial charge < -0.3 is 0 Å². The minimum absolute atomic E-state index is 0.0600. The Kier molecular flexibility index (Phi) is 3.14. The van der Waals surface area contributed by atoms with Gasteiger partial charge >= 0.3 is 0 Å². The largest absolute Gasteiger partial charge is 0.297 e. The molecular formula is C6H8N2O. The molecule has 0 amide bonds. The van der Waals surface area contributed by atoms with Crippen molar-refractivity contribution in [2.45, 2.75) is 13.8 Å². The highest BCUT2D eigenvalue weighted by Crippen LogP contribution is 1.83. The lowest BCUT2D eigenvalue weighted by Crippen LogP contribution is -2.02. The second kappa shape index (κ2) is 3.67. The predicted molar refractivity (Wildman–Crippen MR) is 33.2 cm³/mol. The number of allylic oxidation sites excluding steroid dienone is 2. The third-order valence-electron chi connectivity index (χ3n) is 0.673. The molecule has 48 valence electrons. The number of hydrogen-bond acceptors (Lipinski definition) is 3. The summed E-state index contributed by atoms with van der Waals surface area (Å²) in [5.74, 6) is -0.0600. The first-order valence-corrected chi connectivity index (χ1v) is 2.51. The summed E-state index contributed by atoms with van der Waals surface area (Å²) in [4.78, 5) is 10.3. The lowest BCUT2D eigenvalue weighted by molar-refractivity contribution is -0.112. The molecule has 0 bridgehead atoms. The van der Waals surface area contributed by atoms with Crippen molar-refractivity contribution in [3.63, 3.8) is 0 Å². The summed E-state index contributed by atoms with van der Waals surface area (Å²) in [5, 5.41) is 10.4. The van der Waals surface area contributed by atoms with E-state index in [2.05, 4.69) is 5.32 Å². The van der Waals surface area contributed by atoms with Crippen LogP contribution in [0.4, 0.5) is 0 Å². The molecule has 0 saturated carbocycles. The van der Waals surface area contributed by atoms with Gasteiger partial charge in [0.25, 0.3) is 0 Å². The second-order valence-corrected chi connectivity index (χ2v) is 1.67. The van der Waals surface area contributed by atoms with Crippen LogP contribution in [-0.4, -0.2) is 5.78 Å². The van der Waals surface area contributed by atoms with E-state index in [4.69, 9.17) is 5.26 Å². The van der Waals surface area contributed by atoms with Crippen LogP contribution in [0, 0.1) is 11.5 Å². The molecule has 0 radical (unpaired) electrons. The Labute approximate surface area is 54.0 Å². The maximum atomic E-state index is 10.3. The topological polar surface area (TPSA) is 52.9 Å². The Morgan fingerprint density at radius 1 is 1.67 bits per heavy atom. The smallest absolute Gasteiger partial charge is 0.181 e. The molecule has 3 nitrogen and oxygen atoms in total. The Morgan fingerprint density at radius 3 is 2.56 bits per heavy atom. The Hall–Kier alpha value is -1.30. The third kappa shape index (κ3) is 4.56. The molecule has 0 aromatic rings. The predicted octanol–water partition coefficient (Wildman–Crippen LogP) is 0.550. The molecule has 0 saturated heterocycles. The van der Waals surface area contributed by atoms with Crippen molar-refractivity contribution in [1.82, 2.24) is 5.32 Å². The van der Waals surface area contributed by atoms with E-state index in [0.717, 1.165) is 0 Å². The van der Waals surface area contributed by atoms with Crippen molar-refractivity contribution in [1.29, 1.82) is 5.26 Å². The summed E-state index contributed by atoms with van der Waals surface area (Å²) < 4.78 is 0. The van der Waals surface area contributed by atoms with Gasteiger partial charge in [0, 0.05) is 11.8 Å². The van der Waals surface area contributed by atoms with Crippen LogP contribution in [-0.2, 0) is 4.79 Å². The first-order valence-electron chi connectivity index (χ1n) is 2.51. The molecule has 0 atom stereocenters. The molecule has 0 aromatic heterocycles. The minimum Gasteiger partial charge on any atom is -0.297 e. The fourth-order valence-corrected chi connectivity index (χ4v) is 0.429. The third-order valence-corrected chi connectivity index (χ3v) is 0.673. The Morgan fingerprint density at radius 2 is 2.22 bits per heavy atom. The highest BCUT2D eigenvalue weighted by atomic mass is 16.1. The van der Waals surface area contributed by atoms with Gasteiger partial charge in [-0.3, -0.25) is 10.1 Å². The normalized spacial score (nSPS) is 10.1. The fraction of sp³-hybridized carbons (Fsp3) is 0.333. The standard InChI is InChI=1S/C6H8N2O/c1-5(8-4-7)3-6(2)9/h3,8H,1-2H3/b5-3+. The molecule has 0 heterocycles. The molecule has 0 rings (SSSR count). The van der Waals surface area contributed by atoms with Gasteiger partial charge in [0.05, 0.1) is 0 Å². The van der Waals surface area contributed by atoms with Gasteiger partial charge in [-0.2, -0.15) is 5.26 Å². The summed E-state index contributed by atoms with van der Waals surface area (Å²) in [6.45, 7) is 3.09. The number of nitrogens with one attached hydrogen (secondary N) is 1. The van der Waals surface area contributed by atoms with E-state index in [0.29, 0.717) is 5.70 Å². The van der Waals surface area contributed by atoms with Crippen LogP contribution in [0.15, 0.2) is 11.8 Å². The van der Waals surface area contributed by atoms with E-state index in [1.807, 2.05) is 0 Å². The number of nitriles is 1. The highest BCUT2D eigenvalue weighted by molar-refractivity contribution is 5.87. The monoisotopic (exact) mass is 124 g/mol. The lowest BCUT2D eigenvalue weighted by Gasteiger charge is -1.90.